The highest BCUT2D eigenvalue weighted by Gasteiger charge is 2.36. The lowest BCUT2D eigenvalue weighted by Gasteiger charge is -2.22. The Hall–Kier alpha value is -3.61. The standard InChI is InChI=1S/C25H23FN2O4/c1-25(2,3)32-24(31)28-21-13-16(26)9-10-18(21)20(27-28)14-19-22(29)12-11-17(23(19)30)15-7-5-4-6-8-15/h4-13,17,19H,14H2,1-3H3. The van der Waals surface area contributed by atoms with E-state index < -0.39 is 29.3 Å². The van der Waals surface area contributed by atoms with E-state index in [2.05, 4.69) is 5.10 Å². The van der Waals surface area contributed by atoms with Crippen LogP contribution in [-0.2, 0) is 20.7 Å². The maximum absolute atomic E-state index is 13.9. The molecule has 4 rings (SSSR count). The van der Waals surface area contributed by atoms with Crippen molar-refractivity contribution in [1.82, 2.24) is 9.78 Å². The molecule has 3 aromatic rings. The van der Waals surface area contributed by atoms with Gasteiger partial charge in [-0.15, -0.1) is 0 Å². The number of fused-ring (bicyclic) bond motifs is 1. The Bertz CT molecular complexity index is 1240. The van der Waals surface area contributed by atoms with Gasteiger partial charge in [-0.2, -0.15) is 9.78 Å². The van der Waals surface area contributed by atoms with Crippen LogP contribution in [0.4, 0.5) is 9.18 Å². The van der Waals surface area contributed by atoms with Gasteiger partial charge in [-0.05, 0) is 44.5 Å². The van der Waals surface area contributed by atoms with Crippen LogP contribution in [0.25, 0.3) is 10.9 Å². The number of carbonyl (C=O) groups excluding carboxylic acids is 3. The predicted octanol–water partition coefficient (Wildman–Crippen LogP) is 4.61. The third-order valence-electron chi connectivity index (χ3n) is 5.29. The molecule has 0 bridgehead atoms. The number of halogens is 1. The van der Waals surface area contributed by atoms with E-state index in [1.54, 1.807) is 26.8 Å². The van der Waals surface area contributed by atoms with Crippen LogP contribution in [0.5, 0.6) is 0 Å². The number of nitrogens with zero attached hydrogens (tertiary/aromatic N) is 2. The van der Waals surface area contributed by atoms with Gasteiger partial charge in [-0.25, -0.2) is 9.18 Å². The number of aromatic nitrogens is 2. The molecule has 0 N–H and O–H groups in total. The van der Waals surface area contributed by atoms with E-state index in [0.29, 0.717) is 11.1 Å². The summed E-state index contributed by atoms with van der Waals surface area (Å²) in [5.41, 5.74) is 0.614. The lowest BCUT2D eigenvalue weighted by Crippen LogP contribution is -2.33. The number of benzene rings is 2. The Morgan fingerprint density at radius 3 is 2.53 bits per heavy atom. The van der Waals surface area contributed by atoms with Gasteiger partial charge < -0.3 is 4.74 Å². The van der Waals surface area contributed by atoms with Gasteiger partial charge in [0.2, 0.25) is 0 Å². The number of ether oxygens (including phenoxy) is 1. The molecular formula is C25H23FN2O4. The summed E-state index contributed by atoms with van der Waals surface area (Å²) in [4.78, 5) is 38.5. The number of allylic oxidation sites excluding steroid dienone is 2. The van der Waals surface area contributed by atoms with Crippen LogP contribution in [0.2, 0.25) is 0 Å². The Morgan fingerprint density at radius 2 is 1.84 bits per heavy atom. The summed E-state index contributed by atoms with van der Waals surface area (Å²) in [5.74, 6) is -2.56. The Balaban J connectivity index is 1.71. The maximum Gasteiger partial charge on any atom is 0.435 e. The summed E-state index contributed by atoms with van der Waals surface area (Å²) in [6, 6.07) is 13.2. The average Bonchev–Trinajstić information content (AvgIpc) is 3.08. The fraction of sp³-hybridized carbons (Fsp3) is 0.280. The minimum atomic E-state index is -0.944. The lowest BCUT2D eigenvalue weighted by molar-refractivity contribution is -0.131. The first-order valence-corrected chi connectivity index (χ1v) is 10.4. The predicted molar refractivity (Wildman–Crippen MR) is 117 cm³/mol. The number of carbonyl (C=O) groups is 3. The summed E-state index contributed by atoms with van der Waals surface area (Å²) < 4.78 is 20.3. The van der Waals surface area contributed by atoms with Crippen molar-refractivity contribution in [3.63, 3.8) is 0 Å². The first-order valence-electron chi connectivity index (χ1n) is 10.4. The summed E-state index contributed by atoms with van der Waals surface area (Å²) in [6.07, 6.45) is 2.28. The normalized spacial score (nSPS) is 18.9. The SMILES string of the molecule is CC(C)(C)OC(=O)n1nc(CC2C(=O)C=CC(c3ccccc3)C2=O)c2ccc(F)cc21. The fourth-order valence-corrected chi connectivity index (χ4v) is 3.84. The summed E-state index contributed by atoms with van der Waals surface area (Å²) in [7, 11) is 0. The van der Waals surface area contributed by atoms with Crippen LogP contribution in [-0.4, -0.2) is 33.0 Å². The quantitative estimate of drug-likeness (QED) is 0.563. The van der Waals surface area contributed by atoms with Crippen molar-refractivity contribution in [2.75, 3.05) is 0 Å². The molecule has 0 saturated heterocycles. The Morgan fingerprint density at radius 1 is 1.12 bits per heavy atom. The van der Waals surface area contributed by atoms with E-state index in [0.717, 1.165) is 10.2 Å². The van der Waals surface area contributed by atoms with Crippen LogP contribution in [0, 0.1) is 11.7 Å². The molecule has 2 atom stereocenters. The number of Topliss-reactive ketones (excluding diaryl/α,β-unsaturated/α-hetero) is 1. The number of hydrogen-bond acceptors (Lipinski definition) is 5. The third kappa shape index (κ3) is 4.23. The van der Waals surface area contributed by atoms with Gasteiger partial charge in [0.05, 0.1) is 23.0 Å². The van der Waals surface area contributed by atoms with Crippen molar-refractivity contribution in [2.24, 2.45) is 5.92 Å². The molecule has 7 heteroatoms. The molecule has 2 unspecified atom stereocenters. The molecule has 0 spiro atoms. The van der Waals surface area contributed by atoms with E-state index in [1.807, 2.05) is 30.3 Å². The van der Waals surface area contributed by atoms with Crippen LogP contribution in [0.3, 0.4) is 0 Å². The second-order valence-electron chi connectivity index (χ2n) is 8.81. The van der Waals surface area contributed by atoms with Gasteiger partial charge in [-0.1, -0.05) is 36.4 Å². The molecule has 164 valence electrons. The van der Waals surface area contributed by atoms with Gasteiger partial charge in [-0.3, -0.25) is 9.59 Å². The topological polar surface area (TPSA) is 78.3 Å². The van der Waals surface area contributed by atoms with E-state index in [9.17, 15) is 18.8 Å². The Kier molecular flexibility index (Phi) is 5.50. The molecular weight excluding hydrogens is 411 g/mol. The molecule has 0 aliphatic heterocycles. The van der Waals surface area contributed by atoms with Crippen molar-refractivity contribution >= 4 is 28.6 Å². The number of hydrogen-bond donors (Lipinski definition) is 0. The minimum Gasteiger partial charge on any atom is -0.442 e. The highest BCUT2D eigenvalue weighted by Crippen LogP contribution is 2.30. The summed E-state index contributed by atoms with van der Waals surface area (Å²) >= 11 is 0. The van der Waals surface area contributed by atoms with Crippen molar-refractivity contribution < 1.29 is 23.5 Å². The smallest absolute Gasteiger partial charge is 0.435 e. The molecule has 0 fully saturated rings. The molecule has 1 aliphatic rings. The summed E-state index contributed by atoms with van der Waals surface area (Å²) in [5, 5.41) is 4.81. The first-order chi connectivity index (χ1) is 15.1. The number of rotatable bonds is 3. The molecule has 0 radical (unpaired) electrons. The van der Waals surface area contributed by atoms with E-state index >= 15 is 0 Å². The molecule has 0 saturated carbocycles. The third-order valence-corrected chi connectivity index (χ3v) is 5.29. The lowest BCUT2D eigenvalue weighted by atomic mass is 9.78. The van der Waals surface area contributed by atoms with Crippen molar-refractivity contribution in [2.45, 2.75) is 38.7 Å². The average molecular weight is 434 g/mol. The van der Waals surface area contributed by atoms with Crippen LogP contribution >= 0.6 is 0 Å². The van der Waals surface area contributed by atoms with Gasteiger partial charge in [0.15, 0.2) is 11.6 Å². The van der Waals surface area contributed by atoms with Crippen LogP contribution < -0.4 is 0 Å². The highest BCUT2D eigenvalue weighted by molar-refractivity contribution is 6.13. The summed E-state index contributed by atoms with van der Waals surface area (Å²) in [6.45, 7) is 5.15. The molecule has 1 heterocycles. The molecule has 0 amide bonds. The van der Waals surface area contributed by atoms with Gasteiger partial charge in [0.1, 0.15) is 11.4 Å². The maximum atomic E-state index is 13.9. The highest BCUT2D eigenvalue weighted by atomic mass is 19.1. The zero-order valence-corrected chi connectivity index (χ0v) is 18.0. The van der Waals surface area contributed by atoms with Gasteiger partial charge in [0.25, 0.3) is 0 Å². The van der Waals surface area contributed by atoms with E-state index in [4.69, 9.17) is 4.74 Å². The Labute approximate surface area is 184 Å². The second kappa shape index (κ2) is 8.15. The molecule has 1 aromatic heterocycles. The van der Waals surface area contributed by atoms with E-state index in [1.165, 1.54) is 24.3 Å². The zero-order chi connectivity index (χ0) is 23.0. The van der Waals surface area contributed by atoms with Crippen LogP contribution in [0.15, 0.2) is 60.7 Å². The van der Waals surface area contributed by atoms with Crippen LogP contribution in [0.1, 0.15) is 37.9 Å². The van der Waals surface area contributed by atoms with E-state index in [-0.39, 0.29) is 23.5 Å². The monoisotopic (exact) mass is 434 g/mol. The minimum absolute atomic E-state index is 0.00324. The first kappa shape index (κ1) is 21.6. The zero-order valence-electron chi connectivity index (χ0n) is 18.0. The fourth-order valence-electron chi connectivity index (χ4n) is 3.84. The van der Waals surface area contributed by atoms with Crippen molar-refractivity contribution in [3.8, 4) is 0 Å². The van der Waals surface area contributed by atoms with Gasteiger partial charge in [0, 0.05) is 17.9 Å². The molecule has 1 aliphatic carbocycles. The molecule has 2 aromatic carbocycles. The van der Waals surface area contributed by atoms with Crippen molar-refractivity contribution in [3.05, 3.63) is 77.8 Å². The number of ketones is 2. The van der Waals surface area contributed by atoms with Gasteiger partial charge >= 0.3 is 6.09 Å². The second-order valence-corrected chi connectivity index (χ2v) is 8.81. The van der Waals surface area contributed by atoms with Crippen molar-refractivity contribution in [1.29, 1.82) is 0 Å². The largest absolute Gasteiger partial charge is 0.442 e. The molecule has 6 nitrogen and oxygen atoms in total. The molecule has 32 heavy (non-hydrogen) atoms.